The van der Waals surface area contributed by atoms with Crippen molar-refractivity contribution >= 4 is 35.4 Å². The molecule has 1 saturated heterocycles. The van der Waals surface area contributed by atoms with Gasteiger partial charge < -0.3 is 19.9 Å². The van der Waals surface area contributed by atoms with Crippen LogP contribution in [0.15, 0.2) is 54.6 Å². The number of aliphatic hydroxyl groups excluding tert-OH is 1. The average Bonchev–Trinajstić information content (AvgIpc) is 3.24. The van der Waals surface area contributed by atoms with Crippen molar-refractivity contribution in [2.24, 2.45) is 0 Å². The number of hydrogen-bond donors (Lipinski definition) is 3. The highest BCUT2D eigenvalue weighted by atomic mass is 16.6. The number of nitrogens with zero attached hydrogens (tertiary/aromatic N) is 1. The summed E-state index contributed by atoms with van der Waals surface area (Å²) >= 11 is 0. The molecule has 3 rings (SSSR count). The highest BCUT2D eigenvalue weighted by molar-refractivity contribution is 6.05. The fourth-order valence-electron chi connectivity index (χ4n) is 3.86. The van der Waals surface area contributed by atoms with E-state index in [9.17, 15) is 19.5 Å². The highest BCUT2D eigenvalue weighted by Crippen LogP contribution is 2.27. The fourth-order valence-corrected chi connectivity index (χ4v) is 3.86. The number of amides is 2. The maximum Gasteiger partial charge on any atom is 0.412 e. The summed E-state index contributed by atoms with van der Waals surface area (Å²) in [5, 5.41) is 15.3. The van der Waals surface area contributed by atoms with Crippen LogP contribution in [0, 0.1) is 0 Å². The first-order chi connectivity index (χ1) is 17.1. The summed E-state index contributed by atoms with van der Waals surface area (Å²) in [5.74, 6) is -0.763. The second kappa shape index (κ2) is 11.8. The molecule has 2 atom stereocenters. The Balaban J connectivity index is 1.65. The minimum Gasteiger partial charge on any atom is -0.468 e. The van der Waals surface area contributed by atoms with Crippen molar-refractivity contribution in [3.63, 3.8) is 0 Å². The standard InChI is InChI=1S/C27H33N3O6/c1-27(2,3)36-26(34)29-22-8-6-5-7-21(22)28-23(32)14-11-18-9-12-19(13-10-18)24(25(33)35-4)30-16-15-20(31)17-30/h5-14,20,24,31H,15-17H2,1-4H3,(H,28,32)(H,29,34)/b14-11+/t20-,24?/m0/s1. The van der Waals surface area contributed by atoms with Gasteiger partial charge in [0, 0.05) is 19.2 Å². The molecule has 36 heavy (non-hydrogen) atoms. The number of methoxy groups -OCH3 is 1. The maximum atomic E-state index is 12.5. The van der Waals surface area contributed by atoms with Gasteiger partial charge in [-0.15, -0.1) is 0 Å². The van der Waals surface area contributed by atoms with E-state index in [0.29, 0.717) is 30.9 Å². The number of aliphatic hydroxyl groups is 1. The van der Waals surface area contributed by atoms with Gasteiger partial charge in [0.1, 0.15) is 11.6 Å². The van der Waals surface area contributed by atoms with Gasteiger partial charge in [-0.05, 0) is 56.5 Å². The van der Waals surface area contributed by atoms with E-state index in [1.54, 1.807) is 63.2 Å². The normalized spacial score (nSPS) is 17.0. The average molecular weight is 496 g/mol. The second-order valence-corrected chi connectivity index (χ2v) is 9.52. The smallest absolute Gasteiger partial charge is 0.412 e. The van der Waals surface area contributed by atoms with Crippen molar-refractivity contribution in [1.82, 2.24) is 4.90 Å². The molecule has 0 spiro atoms. The Labute approximate surface area is 211 Å². The van der Waals surface area contributed by atoms with Gasteiger partial charge in [-0.3, -0.25) is 15.0 Å². The number of nitrogens with one attached hydrogen (secondary N) is 2. The van der Waals surface area contributed by atoms with Crippen LogP contribution in [0.1, 0.15) is 44.4 Å². The summed E-state index contributed by atoms with van der Waals surface area (Å²) in [4.78, 5) is 38.9. The summed E-state index contributed by atoms with van der Waals surface area (Å²) in [7, 11) is 1.35. The zero-order valence-electron chi connectivity index (χ0n) is 21.0. The zero-order valence-corrected chi connectivity index (χ0v) is 21.0. The molecule has 1 heterocycles. The minimum absolute atomic E-state index is 0.379. The third-order valence-electron chi connectivity index (χ3n) is 5.48. The number of anilines is 2. The number of carbonyl (C=O) groups is 3. The third kappa shape index (κ3) is 7.66. The van der Waals surface area contributed by atoms with E-state index in [1.807, 2.05) is 17.0 Å². The lowest BCUT2D eigenvalue weighted by atomic mass is 10.0. The number of hydrogen-bond acceptors (Lipinski definition) is 7. The Morgan fingerprint density at radius 3 is 2.25 bits per heavy atom. The van der Waals surface area contributed by atoms with Crippen LogP contribution >= 0.6 is 0 Å². The number of para-hydroxylation sites is 2. The predicted molar refractivity (Wildman–Crippen MR) is 137 cm³/mol. The highest BCUT2D eigenvalue weighted by Gasteiger charge is 2.33. The summed E-state index contributed by atoms with van der Waals surface area (Å²) < 4.78 is 10.2. The lowest BCUT2D eigenvalue weighted by Gasteiger charge is -2.25. The van der Waals surface area contributed by atoms with Gasteiger partial charge in [0.2, 0.25) is 5.91 Å². The molecule has 0 aromatic heterocycles. The zero-order chi connectivity index (χ0) is 26.3. The molecule has 1 aliphatic heterocycles. The second-order valence-electron chi connectivity index (χ2n) is 9.52. The summed E-state index contributed by atoms with van der Waals surface area (Å²) in [6.45, 7) is 6.32. The van der Waals surface area contributed by atoms with E-state index >= 15 is 0 Å². The Morgan fingerprint density at radius 2 is 1.69 bits per heavy atom. The van der Waals surface area contributed by atoms with Crippen molar-refractivity contribution in [3.8, 4) is 0 Å². The molecule has 9 heteroatoms. The SMILES string of the molecule is COC(=O)C(c1ccc(/C=C/C(=O)Nc2ccccc2NC(=O)OC(C)(C)C)cc1)N1CC[C@H](O)C1. The van der Waals surface area contributed by atoms with E-state index in [0.717, 1.165) is 11.1 Å². The molecular weight excluding hydrogens is 462 g/mol. The number of carbonyl (C=O) groups excluding carboxylic acids is 3. The van der Waals surface area contributed by atoms with Crippen LogP contribution in [0.2, 0.25) is 0 Å². The van der Waals surface area contributed by atoms with Crippen molar-refractivity contribution in [1.29, 1.82) is 0 Å². The molecule has 0 aliphatic carbocycles. The van der Waals surface area contributed by atoms with Crippen LogP contribution in [0.5, 0.6) is 0 Å². The van der Waals surface area contributed by atoms with E-state index in [4.69, 9.17) is 9.47 Å². The van der Waals surface area contributed by atoms with E-state index in [1.165, 1.54) is 13.2 Å². The van der Waals surface area contributed by atoms with E-state index < -0.39 is 23.8 Å². The van der Waals surface area contributed by atoms with Crippen LogP contribution < -0.4 is 10.6 Å². The number of likely N-dealkylation sites (tertiary alicyclic amines) is 1. The van der Waals surface area contributed by atoms with Crippen LogP contribution in [0.3, 0.4) is 0 Å². The number of esters is 1. The molecule has 2 aromatic rings. The first kappa shape index (κ1) is 26.9. The van der Waals surface area contributed by atoms with Gasteiger partial charge in [-0.25, -0.2) is 9.59 Å². The third-order valence-corrected chi connectivity index (χ3v) is 5.48. The van der Waals surface area contributed by atoms with Gasteiger partial charge in [0.05, 0.1) is 24.6 Å². The number of benzene rings is 2. The van der Waals surface area contributed by atoms with Crippen molar-refractivity contribution in [2.75, 3.05) is 30.8 Å². The van der Waals surface area contributed by atoms with E-state index in [2.05, 4.69) is 10.6 Å². The van der Waals surface area contributed by atoms with Gasteiger partial charge in [0.25, 0.3) is 0 Å². The molecule has 192 valence electrons. The molecule has 0 saturated carbocycles. The molecule has 2 aromatic carbocycles. The fraction of sp³-hybridized carbons (Fsp3) is 0.370. The van der Waals surface area contributed by atoms with Crippen LogP contribution in [-0.4, -0.2) is 59.9 Å². The minimum atomic E-state index is -0.646. The molecule has 1 unspecified atom stereocenters. The van der Waals surface area contributed by atoms with Crippen molar-refractivity contribution in [3.05, 3.63) is 65.7 Å². The van der Waals surface area contributed by atoms with Crippen LogP contribution in [0.4, 0.5) is 16.2 Å². The number of β-amino-alcohol motifs (C(OH)–C–C–N with tert-alkyl or cyclic N) is 1. The monoisotopic (exact) mass is 495 g/mol. The Kier molecular flexibility index (Phi) is 8.84. The molecule has 2 amide bonds. The van der Waals surface area contributed by atoms with Gasteiger partial charge in [0.15, 0.2) is 0 Å². The Morgan fingerprint density at radius 1 is 1.06 bits per heavy atom. The van der Waals surface area contributed by atoms with Crippen molar-refractivity contribution in [2.45, 2.75) is 44.9 Å². The first-order valence-corrected chi connectivity index (χ1v) is 11.7. The number of rotatable bonds is 7. The van der Waals surface area contributed by atoms with Gasteiger partial charge >= 0.3 is 12.1 Å². The largest absolute Gasteiger partial charge is 0.468 e. The molecular formula is C27H33N3O6. The van der Waals surface area contributed by atoms with Gasteiger partial charge in [-0.2, -0.15) is 0 Å². The lowest BCUT2D eigenvalue weighted by molar-refractivity contribution is -0.147. The Hall–Kier alpha value is -3.69. The molecule has 1 fully saturated rings. The number of ether oxygens (including phenoxy) is 2. The maximum absolute atomic E-state index is 12.5. The first-order valence-electron chi connectivity index (χ1n) is 11.7. The lowest BCUT2D eigenvalue weighted by Crippen LogP contribution is -2.33. The quantitative estimate of drug-likeness (QED) is 0.393. The summed E-state index contributed by atoms with van der Waals surface area (Å²) in [5.41, 5.74) is 1.72. The molecule has 0 bridgehead atoms. The Bertz CT molecular complexity index is 1110. The van der Waals surface area contributed by atoms with Crippen molar-refractivity contribution < 1.29 is 29.0 Å². The molecule has 9 nitrogen and oxygen atoms in total. The van der Waals surface area contributed by atoms with Crippen LogP contribution in [0.25, 0.3) is 6.08 Å². The summed E-state index contributed by atoms with van der Waals surface area (Å²) in [6, 6.07) is 13.5. The van der Waals surface area contributed by atoms with Gasteiger partial charge in [-0.1, -0.05) is 36.4 Å². The molecule has 3 N–H and O–H groups in total. The summed E-state index contributed by atoms with van der Waals surface area (Å²) in [6.07, 6.45) is 2.57. The molecule has 0 radical (unpaired) electrons. The van der Waals surface area contributed by atoms with Crippen LogP contribution in [-0.2, 0) is 19.1 Å². The topological polar surface area (TPSA) is 117 Å². The predicted octanol–water partition coefficient (Wildman–Crippen LogP) is 3.97. The van der Waals surface area contributed by atoms with E-state index in [-0.39, 0.29) is 11.9 Å². The molecule has 1 aliphatic rings.